The second-order valence-corrected chi connectivity index (χ2v) is 7.95. The first-order valence-electron chi connectivity index (χ1n) is 9.97. The molecule has 2 aromatic carbocycles. The maximum absolute atomic E-state index is 13.1. The molecule has 1 unspecified atom stereocenters. The van der Waals surface area contributed by atoms with Crippen LogP contribution < -0.4 is 10.7 Å². The molecule has 7 nitrogen and oxygen atoms in total. The van der Waals surface area contributed by atoms with E-state index in [2.05, 4.69) is 10.7 Å². The van der Waals surface area contributed by atoms with Crippen molar-refractivity contribution in [3.05, 3.63) is 66.0 Å². The van der Waals surface area contributed by atoms with E-state index in [4.69, 9.17) is 12.2 Å². The second kappa shape index (κ2) is 8.81. The molecule has 1 heterocycles. The molecule has 1 saturated carbocycles. The quantitative estimate of drug-likeness (QED) is 0.647. The number of benzene rings is 2. The Hall–Kier alpha value is -3.33. The Morgan fingerprint density at radius 1 is 1.06 bits per heavy atom. The molecular weight excluding hydrogens is 419 g/mol. The average molecular weight is 441 g/mol. The highest BCUT2D eigenvalue weighted by molar-refractivity contribution is 7.80. The number of hydrogen-bond acceptors (Lipinski definition) is 4. The van der Waals surface area contributed by atoms with E-state index in [0.717, 1.165) is 18.4 Å². The van der Waals surface area contributed by atoms with Crippen molar-refractivity contribution < 1.29 is 18.8 Å². The van der Waals surface area contributed by atoms with Crippen LogP contribution in [0.15, 0.2) is 54.6 Å². The summed E-state index contributed by atoms with van der Waals surface area (Å²) in [4.78, 5) is 39.5. The molecule has 31 heavy (non-hydrogen) atoms. The van der Waals surface area contributed by atoms with Crippen molar-refractivity contribution in [3.8, 4) is 0 Å². The van der Waals surface area contributed by atoms with Gasteiger partial charge in [-0.3, -0.25) is 24.7 Å². The first-order chi connectivity index (χ1) is 14.9. The number of thiocarbonyl (C=S) groups is 1. The predicted molar refractivity (Wildman–Crippen MR) is 116 cm³/mol. The van der Waals surface area contributed by atoms with E-state index in [1.165, 1.54) is 34.2 Å². The Kier molecular flexibility index (Phi) is 5.94. The average Bonchev–Trinajstić information content (AvgIpc) is 3.58. The van der Waals surface area contributed by atoms with Gasteiger partial charge < -0.3 is 5.32 Å². The van der Waals surface area contributed by atoms with Gasteiger partial charge in [0.05, 0.1) is 13.0 Å². The number of hydrogen-bond donors (Lipinski definition) is 2. The Balaban J connectivity index is 1.50. The van der Waals surface area contributed by atoms with E-state index in [1.54, 1.807) is 0 Å². The number of amides is 3. The number of anilines is 1. The number of carbonyl (C=O) groups excluding carboxylic acids is 3. The molecule has 2 aliphatic rings. The summed E-state index contributed by atoms with van der Waals surface area (Å²) in [6.07, 6.45) is 1.38. The molecule has 0 aromatic heterocycles. The Morgan fingerprint density at radius 2 is 1.74 bits per heavy atom. The standard InChI is InChI=1S/C22H21FN4O3S/c23-16-8-10-17(11-9-16)24-19(28)12-18-21(30)26(13-14-4-2-1-3-5-14)22(31)27(18)25-20(29)15-6-7-15/h1-5,8-11,15,18H,6-7,12-13H2,(H,24,28)(H,25,29). The first-order valence-corrected chi connectivity index (χ1v) is 10.4. The summed E-state index contributed by atoms with van der Waals surface area (Å²) in [5.74, 6) is -1.52. The molecule has 160 valence electrons. The minimum absolute atomic E-state index is 0.0882. The zero-order valence-electron chi connectivity index (χ0n) is 16.6. The van der Waals surface area contributed by atoms with Gasteiger partial charge in [-0.2, -0.15) is 0 Å². The summed E-state index contributed by atoms with van der Waals surface area (Å²) in [7, 11) is 0. The van der Waals surface area contributed by atoms with Gasteiger partial charge in [-0.25, -0.2) is 9.40 Å². The molecule has 2 fully saturated rings. The van der Waals surface area contributed by atoms with Gasteiger partial charge in [0.2, 0.25) is 11.8 Å². The zero-order chi connectivity index (χ0) is 22.0. The van der Waals surface area contributed by atoms with E-state index in [-0.39, 0.29) is 35.8 Å². The number of hydrazine groups is 1. The van der Waals surface area contributed by atoms with Crippen LogP contribution in [0.1, 0.15) is 24.8 Å². The maximum Gasteiger partial charge on any atom is 0.254 e. The zero-order valence-corrected chi connectivity index (χ0v) is 17.4. The monoisotopic (exact) mass is 440 g/mol. The molecule has 2 N–H and O–H groups in total. The van der Waals surface area contributed by atoms with Crippen molar-refractivity contribution in [3.63, 3.8) is 0 Å². The lowest BCUT2D eigenvalue weighted by molar-refractivity contribution is -0.133. The fraction of sp³-hybridized carbons (Fsp3) is 0.273. The topological polar surface area (TPSA) is 81.8 Å². The van der Waals surface area contributed by atoms with Crippen LogP contribution in [0.5, 0.6) is 0 Å². The van der Waals surface area contributed by atoms with Crippen LogP contribution in [0, 0.1) is 11.7 Å². The fourth-order valence-corrected chi connectivity index (χ4v) is 3.67. The summed E-state index contributed by atoms with van der Waals surface area (Å²) < 4.78 is 13.1. The smallest absolute Gasteiger partial charge is 0.254 e. The van der Waals surface area contributed by atoms with Crippen LogP contribution in [0.25, 0.3) is 0 Å². The summed E-state index contributed by atoms with van der Waals surface area (Å²) in [5.41, 5.74) is 4.01. The van der Waals surface area contributed by atoms with E-state index < -0.39 is 17.8 Å². The molecule has 1 atom stereocenters. The molecule has 0 radical (unpaired) electrons. The van der Waals surface area contributed by atoms with Gasteiger partial charge in [0, 0.05) is 11.6 Å². The molecule has 9 heteroatoms. The van der Waals surface area contributed by atoms with Crippen molar-refractivity contribution in [1.82, 2.24) is 15.3 Å². The molecule has 1 saturated heterocycles. The van der Waals surface area contributed by atoms with Gasteiger partial charge >= 0.3 is 0 Å². The third-order valence-electron chi connectivity index (χ3n) is 5.17. The maximum atomic E-state index is 13.1. The molecular formula is C22H21FN4O3S. The van der Waals surface area contributed by atoms with Crippen LogP contribution >= 0.6 is 12.2 Å². The minimum atomic E-state index is -0.959. The van der Waals surface area contributed by atoms with Gasteiger partial charge in [0.25, 0.3) is 5.91 Å². The second-order valence-electron chi connectivity index (χ2n) is 7.59. The molecule has 2 aromatic rings. The van der Waals surface area contributed by atoms with Crippen molar-refractivity contribution in [1.29, 1.82) is 0 Å². The number of rotatable bonds is 7. The third kappa shape index (κ3) is 4.88. The van der Waals surface area contributed by atoms with E-state index in [0.29, 0.717) is 5.69 Å². The highest BCUT2D eigenvalue weighted by Gasteiger charge is 2.45. The number of halogens is 1. The van der Waals surface area contributed by atoms with Crippen LogP contribution in [0.2, 0.25) is 0 Å². The summed E-state index contributed by atoms with van der Waals surface area (Å²) in [5, 5.41) is 4.13. The Labute approximate surface area is 184 Å². The highest BCUT2D eigenvalue weighted by atomic mass is 32.1. The molecule has 1 aliphatic heterocycles. The van der Waals surface area contributed by atoms with Gasteiger partial charge in [-0.15, -0.1) is 0 Å². The summed E-state index contributed by atoms with van der Waals surface area (Å²) in [6, 6.07) is 13.7. The SMILES string of the molecule is O=C(CC1C(=O)N(Cc2ccccc2)C(=S)N1NC(=O)C1CC1)Nc1ccc(F)cc1. The van der Waals surface area contributed by atoms with E-state index >= 15 is 0 Å². The summed E-state index contributed by atoms with van der Waals surface area (Å²) >= 11 is 5.48. The predicted octanol–water partition coefficient (Wildman–Crippen LogP) is 2.59. The molecule has 3 amide bonds. The van der Waals surface area contributed by atoms with Crippen LogP contribution in [-0.4, -0.2) is 38.8 Å². The van der Waals surface area contributed by atoms with Crippen LogP contribution in [-0.2, 0) is 20.9 Å². The lowest BCUT2D eigenvalue weighted by Gasteiger charge is -2.24. The van der Waals surface area contributed by atoms with Gasteiger partial charge in [-0.1, -0.05) is 30.3 Å². The lowest BCUT2D eigenvalue weighted by atomic mass is 10.1. The van der Waals surface area contributed by atoms with Crippen LogP contribution in [0.4, 0.5) is 10.1 Å². The van der Waals surface area contributed by atoms with Gasteiger partial charge in [0.1, 0.15) is 11.9 Å². The highest BCUT2D eigenvalue weighted by Crippen LogP contribution is 2.30. The van der Waals surface area contributed by atoms with Gasteiger partial charge in [-0.05, 0) is 54.9 Å². The number of carbonyl (C=O) groups is 3. The van der Waals surface area contributed by atoms with Crippen molar-refractivity contribution in [2.75, 3.05) is 5.32 Å². The van der Waals surface area contributed by atoms with Crippen LogP contribution in [0.3, 0.4) is 0 Å². The first kappa shape index (κ1) is 20.9. The molecule has 0 spiro atoms. The Bertz CT molecular complexity index is 1010. The minimum Gasteiger partial charge on any atom is -0.326 e. The van der Waals surface area contributed by atoms with Crippen molar-refractivity contribution in [2.24, 2.45) is 5.92 Å². The third-order valence-corrected chi connectivity index (χ3v) is 5.59. The van der Waals surface area contributed by atoms with E-state index in [1.807, 2.05) is 30.3 Å². The normalized spacial score (nSPS) is 18.3. The summed E-state index contributed by atoms with van der Waals surface area (Å²) in [6.45, 7) is 0.240. The largest absolute Gasteiger partial charge is 0.326 e. The Morgan fingerprint density at radius 3 is 2.39 bits per heavy atom. The molecule has 0 bridgehead atoms. The number of nitrogens with zero attached hydrogens (tertiary/aromatic N) is 2. The fourth-order valence-electron chi connectivity index (χ4n) is 3.34. The van der Waals surface area contributed by atoms with Crippen molar-refractivity contribution in [2.45, 2.75) is 31.8 Å². The lowest BCUT2D eigenvalue weighted by Crippen LogP contribution is -2.50. The molecule has 4 rings (SSSR count). The van der Waals surface area contributed by atoms with Gasteiger partial charge in [0.15, 0.2) is 5.11 Å². The van der Waals surface area contributed by atoms with Crippen molar-refractivity contribution >= 4 is 40.7 Å². The van der Waals surface area contributed by atoms with E-state index in [9.17, 15) is 18.8 Å². The molecule has 1 aliphatic carbocycles. The number of nitrogens with one attached hydrogen (secondary N) is 2.